The van der Waals surface area contributed by atoms with Gasteiger partial charge in [0.2, 0.25) is 6.41 Å². The summed E-state index contributed by atoms with van der Waals surface area (Å²) < 4.78 is 10.4. The van der Waals surface area contributed by atoms with Crippen LogP contribution in [0.1, 0.15) is 6.92 Å². The molecule has 0 radical (unpaired) electrons. The molecule has 1 unspecified atom stereocenters. The van der Waals surface area contributed by atoms with E-state index in [9.17, 15) is 9.36 Å². The van der Waals surface area contributed by atoms with E-state index in [-0.39, 0.29) is 19.1 Å². The van der Waals surface area contributed by atoms with E-state index in [1.54, 1.807) is 0 Å². The van der Waals surface area contributed by atoms with Crippen LogP contribution >= 0.6 is 7.60 Å². The van der Waals surface area contributed by atoms with Gasteiger partial charge < -0.3 is 9.79 Å². The van der Waals surface area contributed by atoms with E-state index in [4.69, 9.17) is 15.0 Å². The van der Waals surface area contributed by atoms with Crippen molar-refractivity contribution in [2.75, 3.05) is 12.7 Å². The van der Waals surface area contributed by atoms with Crippen LogP contribution in [0.5, 0.6) is 0 Å². The van der Waals surface area contributed by atoms with Gasteiger partial charge in [-0.2, -0.15) is 0 Å². The Kier molecular flexibility index (Phi) is 4.41. The summed E-state index contributed by atoms with van der Waals surface area (Å²) >= 11 is 0. The second-order valence-corrected chi connectivity index (χ2v) is 4.37. The molecule has 6 nitrogen and oxygen atoms in total. The summed E-state index contributed by atoms with van der Waals surface area (Å²) in [5.41, 5.74) is 0. The first-order valence-electron chi connectivity index (χ1n) is 3.30. The van der Waals surface area contributed by atoms with Crippen molar-refractivity contribution in [1.29, 1.82) is 0 Å². The molecule has 0 aromatic heterocycles. The quantitative estimate of drug-likeness (QED) is 0.242. The minimum absolute atomic E-state index is 0.0748. The summed E-state index contributed by atoms with van der Waals surface area (Å²) in [7, 11) is -4.04. The highest BCUT2D eigenvalue weighted by atomic mass is 31.2. The molecule has 3 N–H and O–H groups in total. The van der Waals surface area contributed by atoms with E-state index < -0.39 is 13.5 Å². The SMILES string of the molecule is CC(CN(O)C=O)CP(=O)(O)O. The molecule has 72 valence electrons. The van der Waals surface area contributed by atoms with Crippen LogP contribution in [-0.4, -0.2) is 39.2 Å². The Hall–Kier alpha value is -0.420. The Morgan fingerprint density at radius 1 is 1.58 bits per heavy atom. The average Bonchev–Trinajstić information content (AvgIpc) is 1.82. The molecular weight excluding hydrogens is 185 g/mol. The predicted octanol–water partition coefficient (Wildman–Crippen LogP) is -0.352. The number of rotatable bonds is 5. The van der Waals surface area contributed by atoms with Gasteiger partial charge in [0.25, 0.3) is 0 Å². The summed E-state index contributed by atoms with van der Waals surface area (Å²) in [6.07, 6.45) is -0.145. The molecule has 0 bridgehead atoms. The predicted molar refractivity (Wildman–Crippen MR) is 40.6 cm³/mol. The largest absolute Gasteiger partial charge is 0.325 e. The van der Waals surface area contributed by atoms with Crippen molar-refractivity contribution in [2.45, 2.75) is 6.92 Å². The van der Waals surface area contributed by atoms with Gasteiger partial charge in [0.15, 0.2) is 0 Å². The molecular formula is C5H12NO5P. The van der Waals surface area contributed by atoms with Gasteiger partial charge in [-0.1, -0.05) is 6.92 Å². The van der Waals surface area contributed by atoms with E-state index in [0.29, 0.717) is 5.06 Å². The highest BCUT2D eigenvalue weighted by molar-refractivity contribution is 7.51. The lowest BCUT2D eigenvalue weighted by Gasteiger charge is -2.15. The maximum absolute atomic E-state index is 10.4. The highest BCUT2D eigenvalue weighted by Gasteiger charge is 2.19. The maximum atomic E-state index is 10.4. The molecule has 0 aliphatic heterocycles. The summed E-state index contributed by atoms with van der Waals surface area (Å²) in [6.45, 7) is 1.46. The first-order chi connectivity index (χ1) is 5.35. The second-order valence-electron chi connectivity index (χ2n) is 2.68. The molecule has 1 amide bonds. The normalized spacial score (nSPS) is 14.0. The lowest BCUT2D eigenvalue weighted by molar-refractivity contribution is -0.151. The monoisotopic (exact) mass is 197 g/mol. The van der Waals surface area contributed by atoms with Crippen molar-refractivity contribution in [2.24, 2.45) is 5.92 Å². The van der Waals surface area contributed by atoms with E-state index in [1.807, 2.05) is 0 Å². The van der Waals surface area contributed by atoms with Gasteiger partial charge in [0.05, 0.1) is 12.7 Å². The molecule has 0 aliphatic carbocycles. The number of carbonyl (C=O) groups excluding carboxylic acids is 1. The van der Waals surface area contributed by atoms with Gasteiger partial charge in [-0.3, -0.25) is 14.6 Å². The Morgan fingerprint density at radius 2 is 2.08 bits per heavy atom. The Bertz CT molecular complexity index is 190. The molecule has 0 aromatic rings. The van der Waals surface area contributed by atoms with Crippen LogP contribution in [0.4, 0.5) is 0 Å². The fraction of sp³-hybridized carbons (Fsp3) is 0.800. The smallest absolute Gasteiger partial charge is 0.324 e. The number of carbonyl (C=O) groups is 1. The van der Waals surface area contributed by atoms with Crippen molar-refractivity contribution in [3.63, 3.8) is 0 Å². The minimum atomic E-state index is -4.04. The van der Waals surface area contributed by atoms with Gasteiger partial charge in [-0.05, 0) is 5.92 Å². The van der Waals surface area contributed by atoms with Crippen LogP contribution < -0.4 is 0 Å². The van der Waals surface area contributed by atoms with Crippen LogP contribution in [0.25, 0.3) is 0 Å². The summed E-state index contributed by atoms with van der Waals surface area (Å²) in [6, 6.07) is 0. The van der Waals surface area contributed by atoms with E-state index in [0.717, 1.165) is 0 Å². The second kappa shape index (κ2) is 4.57. The number of hydrogen-bond acceptors (Lipinski definition) is 3. The van der Waals surface area contributed by atoms with Crippen molar-refractivity contribution < 1.29 is 24.4 Å². The van der Waals surface area contributed by atoms with Gasteiger partial charge in [0, 0.05) is 0 Å². The number of amides is 1. The van der Waals surface area contributed by atoms with Gasteiger partial charge in [-0.15, -0.1) is 0 Å². The van der Waals surface area contributed by atoms with Crippen LogP contribution in [0.2, 0.25) is 0 Å². The fourth-order valence-electron chi connectivity index (χ4n) is 0.826. The Morgan fingerprint density at radius 3 is 2.42 bits per heavy atom. The van der Waals surface area contributed by atoms with Crippen LogP contribution in [0.3, 0.4) is 0 Å². The van der Waals surface area contributed by atoms with E-state index in [1.165, 1.54) is 6.92 Å². The zero-order chi connectivity index (χ0) is 9.78. The zero-order valence-electron chi connectivity index (χ0n) is 6.62. The zero-order valence-corrected chi connectivity index (χ0v) is 7.52. The Balaban J connectivity index is 3.82. The number of nitrogens with zero attached hydrogens (tertiary/aromatic N) is 1. The maximum Gasteiger partial charge on any atom is 0.325 e. The molecule has 0 fully saturated rings. The molecule has 0 spiro atoms. The third-order valence-electron chi connectivity index (χ3n) is 1.17. The number of hydrogen-bond donors (Lipinski definition) is 3. The first kappa shape index (κ1) is 11.6. The standard InChI is InChI=1S/C5H12NO5P/c1-5(2-6(8)4-7)3-12(9,10)11/h4-5,8H,2-3H2,1H3,(H2,9,10,11). The van der Waals surface area contributed by atoms with Crippen molar-refractivity contribution in [3.05, 3.63) is 0 Å². The Labute approximate surface area is 69.9 Å². The lowest BCUT2D eigenvalue weighted by atomic mass is 10.2. The lowest BCUT2D eigenvalue weighted by Crippen LogP contribution is -2.25. The fourth-order valence-corrected chi connectivity index (χ4v) is 1.75. The topological polar surface area (TPSA) is 98.1 Å². The molecule has 0 aromatic carbocycles. The van der Waals surface area contributed by atoms with Gasteiger partial charge >= 0.3 is 7.60 Å². The van der Waals surface area contributed by atoms with Crippen molar-refractivity contribution in [1.82, 2.24) is 5.06 Å². The molecule has 0 saturated carbocycles. The third kappa shape index (κ3) is 6.30. The highest BCUT2D eigenvalue weighted by Crippen LogP contribution is 2.36. The summed E-state index contributed by atoms with van der Waals surface area (Å²) in [5.74, 6) is -0.430. The van der Waals surface area contributed by atoms with Gasteiger partial charge in [-0.25, -0.2) is 5.06 Å². The molecule has 1 atom stereocenters. The molecule has 0 rings (SSSR count). The number of hydroxylamine groups is 2. The summed E-state index contributed by atoms with van der Waals surface area (Å²) in [4.78, 5) is 26.9. The van der Waals surface area contributed by atoms with Gasteiger partial charge in [0.1, 0.15) is 0 Å². The molecule has 0 heterocycles. The van der Waals surface area contributed by atoms with Crippen molar-refractivity contribution in [3.8, 4) is 0 Å². The molecule has 0 saturated heterocycles. The van der Waals surface area contributed by atoms with Crippen LogP contribution in [0, 0.1) is 5.92 Å². The van der Waals surface area contributed by atoms with E-state index >= 15 is 0 Å². The molecule has 7 heteroatoms. The first-order valence-corrected chi connectivity index (χ1v) is 5.10. The molecule has 0 aliphatic rings. The average molecular weight is 197 g/mol. The molecule has 12 heavy (non-hydrogen) atoms. The van der Waals surface area contributed by atoms with Crippen LogP contribution in [0.15, 0.2) is 0 Å². The van der Waals surface area contributed by atoms with Crippen LogP contribution in [-0.2, 0) is 9.36 Å². The third-order valence-corrected chi connectivity index (χ3v) is 2.27. The van der Waals surface area contributed by atoms with Crippen molar-refractivity contribution >= 4 is 14.0 Å². The summed E-state index contributed by atoms with van der Waals surface area (Å²) in [5, 5.41) is 9.00. The minimum Gasteiger partial charge on any atom is -0.324 e. The van der Waals surface area contributed by atoms with E-state index in [2.05, 4.69) is 0 Å².